The van der Waals surface area contributed by atoms with Gasteiger partial charge in [0.15, 0.2) is 17.5 Å². The Labute approximate surface area is 322 Å². The Hall–Kier alpha value is -7.63. The van der Waals surface area contributed by atoms with Crippen molar-refractivity contribution in [3.05, 3.63) is 188 Å². The minimum absolute atomic E-state index is 0.580. The number of aromatic nitrogens is 3. The lowest BCUT2D eigenvalue weighted by Crippen LogP contribution is -2.00. The van der Waals surface area contributed by atoms with Crippen molar-refractivity contribution >= 4 is 43.9 Å². The lowest BCUT2D eigenvalue weighted by Gasteiger charge is -2.10. The van der Waals surface area contributed by atoms with Crippen LogP contribution in [-0.2, 0) is 0 Å². The zero-order valence-electron chi connectivity index (χ0n) is 30.1. The number of fused-ring (bicyclic) bond motifs is 6. The van der Waals surface area contributed by atoms with E-state index >= 15 is 0 Å². The Morgan fingerprint density at radius 1 is 0.286 bits per heavy atom. The predicted octanol–water partition coefficient (Wildman–Crippen LogP) is 13.7. The lowest BCUT2D eigenvalue weighted by atomic mass is 9.92. The van der Waals surface area contributed by atoms with Gasteiger partial charge in [0, 0.05) is 43.8 Å². The summed E-state index contributed by atoms with van der Waals surface area (Å²) in [6, 6.07) is 64.5. The molecule has 0 bridgehead atoms. The first kappa shape index (κ1) is 31.9. The van der Waals surface area contributed by atoms with Gasteiger partial charge in [-0.2, -0.15) is 0 Å². The van der Waals surface area contributed by atoms with E-state index in [-0.39, 0.29) is 0 Å². The van der Waals surface area contributed by atoms with E-state index in [4.69, 9.17) is 23.8 Å². The summed E-state index contributed by atoms with van der Waals surface area (Å²) in [6.07, 6.45) is 0. The number of benzene rings is 8. The molecule has 0 radical (unpaired) electrons. The molecule has 5 nitrogen and oxygen atoms in total. The van der Waals surface area contributed by atoms with Crippen molar-refractivity contribution < 1.29 is 8.83 Å². The van der Waals surface area contributed by atoms with Gasteiger partial charge >= 0.3 is 0 Å². The summed E-state index contributed by atoms with van der Waals surface area (Å²) in [7, 11) is 0. The molecule has 3 heterocycles. The van der Waals surface area contributed by atoms with Crippen molar-refractivity contribution in [2.75, 3.05) is 0 Å². The number of hydrogen-bond donors (Lipinski definition) is 0. The molecule has 0 saturated carbocycles. The van der Waals surface area contributed by atoms with Crippen LogP contribution in [0, 0.1) is 0 Å². The van der Waals surface area contributed by atoms with Gasteiger partial charge in [-0.3, -0.25) is 0 Å². The van der Waals surface area contributed by atoms with Crippen LogP contribution >= 0.6 is 0 Å². The molecule has 5 heteroatoms. The minimum Gasteiger partial charge on any atom is -0.456 e. The monoisotopic (exact) mass is 717 g/mol. The summed E-state index contributed by atoms with van der Waals surface area (Å²) >= 11 is 0. The van der Waals surface area contributed by atoms with Crippen LogP contribution in [0.4, 0.5) is 0 Å². The average molecular weight is 718 g/mol. The standard InChI is InChI=1S/C51H31N3O2/c1-4-13-32(14-5-1)33-23-25-34(26-24-33)38-29-30-40(48-47(38)41-19-10-11-21-43(41)56-48)39-20-12-22-44-46(39)42-28-27-37(31-45(42)55-44)51-53-49(35-15-6-2-7-16-35)52-50(54-51)36-17-8-3-9-18-36/h1-31H. The number of furan rings is 2. The third kappa shape index (κ3) is 5.37. The van der Waals surface area contributed by atoms with Gasteiger partial charge in [-0.1, -0.05) is 158 Å². The Balaban J connectivity index is 1.06. The van der Waals surface area contributed by atoms with E-state index in [1.54, 1.807) is 0 Å². The third-order valence-electron chi connectivity index (χ3n) is 10.6. The zero-order valence-corrected chi connectivity index (χ0v) is 30.1. The molecule has 0 N–H and O–H groups in total. The molecule has 0 amide bonds. The quantitative estimate of drug-likeness (QED) is 0.171. The first-order valence-corrected chi connectivity index (χ1v) is 18.7. The molecule has 0 fully saturated rings. The van der Waals surface area contributed by atoms with Crippen molar-refractivity contribution in [2.24, 2.45) is 0 Å². The summed E-state index contributed by atoms with van der Waals surface area (Å²) in [5.41, 5.74) is 12.6. The van der Waals surface area contributed by atoms with E-state index in [0.29, 0.717) is 17.5 Å². The Kier molecular flexibility index (Phi) is 7.42. The smallest absolute Gasteiger partial charge is 0.164 e. The molecule has 56 heavy (non-hydrogen) atoms. The molecule has 0 saturated heterocycles. The lowest BCUT2D eigenvalue weighted by molar-refractivity contribution is 0.669. The highest BCUT2D eigenvalue weighted by molar-refractivity contribution is 6.20. The average Bonchev–Trinajstić information content (AvgIpc) is 3.86. The van der Waals surface area contributed by atoms with Gasteiger partial charge in [0.05, 0.1) is 0 Å². The molecule has 262 valence electrons. The first-order valence-electron chi connectivity index (χ1n) is 18.7. The molecular formula is C51H31N3O2. The highest BCUT2D eigenvalue weighted by atomic mass is 16.3. The number of hydrogen-bond acceptors (Lipinski definition) is 5. The van der Waals surface area contributed by atoms with Crippen LogP contribution in [-0.4, -0.2) is 15.0 Å². The normalized spacial score (nSPS) is 11.6. The SMILES string of the molecule is c1ccc(-c2ccc(-c3ccc(-c4cccc5oc6cc(-c7nc(-c8ccccc8)nc(-c8ccccc8)n7)ccc6c45)c4oc5ccccc5c34)cc2)cc1. The first-order chi connectivity index (χ1) is 27.7. The van der Waals surface area contributed by atoms with Gasteiger partial charge < -0.3 is 8.83 Å². The van der Waals surface area contributed by atoms with Crippen LogP contribution in [0.15, 0.2) is 197 Å². The second-order valence-corrected chi connectivity index (χ2v) is 13.9. The zero-order chi connectivity index (χ0) is 37.0. The number of rotatable bonds is 6. The predicted molar refractivity (Wildman–Crippen MR) is 227 cm³/mol. The molecule has 0 spiro atoms. The van der Waals surface area contributed by atoms with Gasteiger partial charge in [-0.15, -0.1) is 0 Å². The fraction of sp³-hybridized carbons (Fsp3) is 0. The van der Waals surface area contributed by atoms with Crippen molar-refractivity contribution in [1.29, 1.82) is 0 Å². The highest BCUT2D eigenvalue weighted by Gasteiger charge is 2.21. The van der Waals surface area contributed by atoms with Crippen LogP contribution in [0.3, 0.4) is 0 Å². The molecule has 0 aliphatic carbocycles. The molecule has 3 aromatic heterocycles. The van der Waals surface area contributed by atoms with Crippen molar-refractivity contribution in [3.63, 3.8) is 0 Å². The van der Waals surface area contributed by atoms with Crippen LogP contribution in [0.25, 0.3) is 111 Å². The van der Waals surface area contributed by atoms with Gasteiger partial charge in [-0.05, 0) is 58.1 Å². The van der Waals surface area contributed by atoms with Gasteiger partial charge in [-0.25, -0.2) is 15.0 Å². The van der Waals surface area contributed by atoms with Gasteiger partial charge in [0.2, 0.25) is 0 Å². The van der Waals surface area contributed by atoms with E-state index < -0.39 is 0 Å². The second-order valence-electron chi connectivity index (χ2n) is 13.9. The molecule has 0 aliphatic rings. The van der Waals surface area contributed by atoms with Crippen molar-refractivity contribution in [3.8, 4) is 67.5 Å². The summed E-state index contributed by atoms with van der Waals surface area (Å²) in [6.45, 7) is 0. The van der Waals surface area contributed by atoms with Crippen LogP contribution in [0.1, 0.15) is 0 Å². The molecule has 0 aliphatic heterocycles. The summed E-state index contributed by atoms with van der Waals surface area (Å²) in [5.74, 6) is 1.82. The molecule has 8 aromatic carbocycles. The molecule has 11 aromatic rings. The maximum atomic E-state index is 6.75. The van der Waals surface area contributed by atoms with Crippen LogP contribution < -0.4 is 0 Å². The molecule has 0 atom stereocenters. The second kappa shape index (κ2) is 13.0. The molecule has 11 rings (SSSR count). The van der Waals surface area contributed by atoms with E-state index in [1.807, 2.05) is 91.0 Å². The largest absolute Gasteiger partial charge is 0.456 e. The van der Waals surface area contributed by atoms with E-state index in [9.17, 15) is 0 Å². The molecule has 0 unspecified atom stereocenters. The summed E-state index contributed by atoms with van der Waals surface area (Å²) in [4.78, 5) is 14.8. The molecular weight excluding hydrogens is 687 g/mol. The van der Waals surface area contributed by atoms with Crippen LogP contribution in [0.2, 0.25) is 0 Å². The maximum absolute atomic E-state index is 6.75. The van der Waals surface area contributed by atoms with Crippen molar-refractivity contribution in [1.82, 2.24) is 15.0 Å². The van der Waals surface area contributed by atoms with Gasteiger partial charge in [0.1, 0.15) is 22.3 Å². The van der Waals surface area contributed by atoms with E-state index in [0.717, 1.165) is 82.8 Å². The topological polar surface area (TPSA) is 65.0 Å². The Morgan fingerprint density at radius 3 is 1.50 bits per heavy atom. The number of nitrogens with zero attached hydrogens (tertiary/aromatic N) is 3. The maximum Gasteiger partial charge on any atom is 0.164 e. The van der Waals surface area contributed by atoms with Crippen molar-refractivity contribution in [2.45, 2.75) is 0 Å². The van der Waals surface area contributed by atoms with E-state index in [1.165, 1.54) is 11.1 Å². The fourth-order valence-electron chi connectivity index (χ4n) is 7.88. The number of para-hydroxylation sites is 1. The summed E-state index contributed by atoms with van der Waals surface area (Å²) < 4.78 is 13.4. The fourth-order valence-corrected chi connectivity index (χ4v) is 7.88. The minimum atomic E-state index is 0.580. The van der Waals surface area contributed by atoms with E-state index in [2.05, 4.69) is 97.1 Å². The Morgan fingerprint density at radius 2 is 0.804 bits per heavy atom. The van der Waals surface area contributed by atoms with Gasteiger partial charge in [0.25, 0.3) is 0 Å². The third-order valence-corrected chi connectivity index (χ3v) is 10.6. The summed E-state index contributed by atoms with van der Waals surface area (Å²) in [5, 5.41) is 4.21. The highest BCUT2D eigenvalue weighted by Crippen LogP contribution is 2.45. The van der Waals surface area contributed by atoms with Crippen LogP contribution in [0.5, 0.6) is 0 Å². The Bertz CT molecular complexity index is 3170.